The van der Waals surface area contributed by atoms with Crippen molar-refractivity contribution >= 4 is 5.91 Å². The zero-order valence-electron chi connectivity index (χ0n) is 9.20. The molecule has 1 rings (SSSR count). The van der Waals surface area contributed by atoms with Gasteiger partial charge in [0.25, 0.3) is 0 Å². The Labute approximate surface area is 90.6 Å². The quantitative estimate of drug-likeness (QED) is 0.370. The number of hydrogen-bond donors (Lipinski definition) is 1. The first-order valence-electron chi connectivity index (χ1n) is 5.43. The highest BCUT2D eigenvalue weighted by atomic mass is 16.6. The van der Waals surface area contributed by atoms with Gasteiger partial charge < -0.3 is 14.8 Å². The largest absolute Gasteiger partial charge is 0.379 e. The topological polar surface area (TPSA) is 50.9 Å². The van der Waals surface area contributed by atoms with Crippen LogP contribution in [0.3, 0.4) is 0 Å². The summed E-state index contributed by atoms with van der Waals surface area (Å²) in [6, 6.07) is 0. The predicted octanol–water partition coefficient (Wildman–Crippen LogP) is 0.874. The van der Waals surface area contributed by atoms with E-state index in [9.17, 15) is 4.79 Å². The fraction of sp³-hybridized carbons (Fsp3) is 0.727. The highest BCUT2D eigenvalue weighted by Gasteiger charge is 2.21. The van der Waals surface area contributed by atoms with Crippen molar-refractivity contribution in [1.82, 2.24) is 5.32 Å². The minimum absolute atomic E-state index is 0.0233. The number of epoxide rings is 1. The van der Waals surface area contributed by atoms with Crippen LogP contribution in [0.4, 0.5) is 0 Å². The van der Waals surface area contributed by atoms with E-state index >= 15 is 0 Å². The van der Waals surface area contributed by atoms with Crippen LogP contribution < -0.4 is 5.32 Å². The molecule has 1 amide bonds. The third-order valence-corrected chi connectivity index (χ3v) is 2.04. The molecule has 0 aromatic heterocycles. The molecule has 0 aliphatic carbocycles. The lowest BCUT2D eigenvalue weighted by Crippen LogP contribution is -2.22. The number of rotatable bonds is 8. The average molecular weight is 213 g/mol. The smallest absolute Gasteiger partial charge is 0.243 e. The van der Waals surface area contributed by atoms with Gasteiger partial charge in [0.15, 0.2) is 0 Å². The molecule has 0 radical (unpaired) electrons. The van der Waals surface area contributed by atoms with E-state index in [-0.39, 0.29) is 5.91 Å². The lowest BCUT2D eigenvalue weighted by molar-refractivity contribution is -0.116. The van der Waals surface area contributed by atoms with Crippen LogP contribution in [-0.4, -0.2) is 38.4 Å². The summed E-state index contributed by atoms with van der Waals surface area (Å²) in [7, 11) is 0. The molecule has 1 N–H and O–H groups in total. The van der Waals surface area contributed by atoms with E-state index in [0.717, 1.165) is 26.1 Å². The molecule has 1 fully saturated rings. The zero-order valence-corrected chi connectivity index (χ0v) is 9.20. The molecule has 4 heteroatoms. The Hall–Kier alpha value is -0.870. The molecule has 1 atom stereocenters. The van der Waals surface area contributed by atoms with Gasteiger partial charge in [0.2, 0.25) is 5.91 Å². The molecule has 15 heavy (non-hydrogen) atoms. The fourth-order valence-electron chi connectivity index (χ4n) is 1.13. The van der Waals surface area contributed by atoms with Crippen molar-refractivity contribution in [2.45, 2.75) is 25.9 Å². The van der Waals surface area contributed by atoms with Gasteiger partial charge in [-0.05, 0) is 25.8 Å². The van der Waals surface area contributed by atoms with Crippen LogP contribution in [-0.2, 0) is 14.3 Å². The molecule has 0 saturated carbocycles. The van der Waals surface area contributed by atoms with Gasteiger partial charge in [0, 0.05) is 13.2 Å². The summed E-state index contributed by atoms with van der Waals surface area (Å²) < 4.78 is 10.4. The lowest BCUT2D eigenvalue weighted by Gasteiger charge is -2.03. The van der Waals surface area contributed by atoms with Crippen LogP contribution in [0.15, 0.2) is 12.2 Å². The number of allylic oxidation sites excluding steroid dienone is 1. The average Bonchev–Trinajstić information content (AvgIpc) is 3.00. The number of unbranched alkanes of at least 4 members (excludes halogenated alkanes) is 1. The number of carbonyl (C=O) groups is 1. The van der Waals surface area contributed by atoms with E-state index in [2.05, 4.69) is 5.32 Å². The van der Waals surface area contributed by atoms with Crippen molar-refractivity contribution in [1.29, 1.82) is 0 Å². The highest BCUT2D eigenvalue weighted by Crippen LogP contribution is 2.08. The first kappa shape index (κ1) is 12.2. The van der Waals surface area contributed by atoms with Crippen molar-refractivity contribution < 1.29 is 14.3 Å². The van der Waals surface area contributed by atoms with Gasteiger partial charge in [-0.15, -0.1) is 0 Å². The number of nitrogens with one attached hydrogen (secondary N) is 1. The van der Waals surface area contributed by atoms with Gasteiger partial charge in [-0.2, -0.15) is 0 Å². The number of amides is 1. The molecule has 1 heterocycles. The Morgan fingerprint density at radius 3 is 3.07 bits per heavy atom. The predicted molar refractivity (Wildman–Crippen MR) is 57.6 cm³/mol. The van der Waals surface area contributed by atoms with Gasteiger partial charge in [0.1, 0.15) is 6.10 Å². The Morgan fingerprint density at radius 2 is 2.40 bits per heavy atom. The SMILES string of the molecule is C/C=C/C(=O)NCCCCOCC1CO1. The second-order valence-electron chi connectivity index (χ2n) is 3.53. The summed E-state index contributed by atoms with van der Waals surface area (Å²) in [6.07, 6.45) is 5.53. The van der Waals surface area contributed by atoms with Gasteiger partial charge in [-0.1, -0.05) is 6.08 Å². The monoisotopic (exact) mass is 213 g/mol. The van der Waals surface area contributed by atoms with E-state index in [1.54, 1.807) is 6.08 Å². The molecule has 0 aromatic carbocycles. The maximum absolute atomic E-state index is 11.0. The maximum Gasteiger partial charge on any atom is 0.243 e. The van der Waals surface area contributed by atoms with Crippen molar-refractivity contribution in [3.63, 3.8) is 0 Å². The summed E-state index contributed by atoms with van der Waals surface area (Å²) in [5, 5.41) is 2.79. The minimum atomic E-state index is -0.0233. The highest BCUT2D eigenvalue weighted by molar-refractivity contribution is 5.87. The van der Waals surface area contributed by atoms with E-state index < -0.39 is 0 Å². The lowest BCUT2D eigenvalue weighted by atomic mass is 10.3. The Morgan fingerprint density at radius 1 is 1.60 bits per heavy atom. The van der Waals surface area contributed by atoms with Crippen LogP contribution >= 0.6 is 0 Å². The molecule has 1 saturated heterocycles. The van der Waals surface area contributed by atoms with Crippen LogP contribution in [0.1, 0.15) is 19.8 Å². The molecule has 1 aliphatic rings. The molecule has 0 bridgehead atoms. The molecule has 1 aliphatic heterocycles. The second kappa shape index (κ2) is 7.43. The maximum atomic E-state index is 11.0. The van der Waals surface area contributed by atoms with E-state index in [1.165, 1.54) is 6.08 Å². The summed E-state index contributed by atoms with van der Waals surface area (Å²) >= 11 is 0. The third-order valence-electron chi connectivity index (χ3n) is 2.04. The number of hydrogen-bond acceptors (Lipinski definition) is 3. The molecule has 86 valence electrons. The fourth-order valence-corrected chi connectivity index (χ4v) is 1.13. The molecule has 4 nitrogen and oxygen atoms in total. The van der Waals surface area contributed by atoms with Crippen LogP contribution in [0, 0.1) is 0 Å². The second-order valence-corrected chi connectivity index (χ2v) is 3.53. The molecule has 0 spiro atoms. The van der Waals surface area contributed by atoms with Crippen molar-refractivity contribution in [2.24, 2.45) is 0 Å². The normalized spacial score (nSPS) is 19.4. The Bertz CT molecular complexity index is 212. The molecule has 0 aromatic rings. The number of carbonyl (C=O) groups excluding carboxylic acids is 1. The van der Waals surface area contributed by atoms with Crippen molar-refractivity contribution in [3.05, 3.63) is 12.2 Å². The van der Waals surface area contributed by atoms with Gasteiger partial charge in [-0.3, -0.25) is 4.79 Å². The van der Waals surface area contributed by atoms with Crippen LogP contribution in [0.5, 0.6) is 0 Å². The van der Waals surface area contributed by atoms with Gasteiger partial charge >= 0.3 is 0 Å². The van der Waals surface area contributed by atoms with Crippen molar-refractivity contribution in [3.8, 4) is 0 Å². The summed E-state index contributed by atoms with van der Waals surface area (Å²) in [4.78, 5) is 11.0. The summed E-state index contributed by atoms with van der Waals surface area (Å²) in [5.41, 5.74) is 0. The first-order chi connectivity index (χ1) is 7.33. The van der Waals surface area contributed by atoms with Crippen LogP contribution in [0.2, 0.25) is 0 Å². The van der Waals surface area contributed by atoms with E-state index in [1.807, 2.05) is 6.92 Å². The van der Waals surface area contributed by atoms with Gasteiger partial charge in [-0.25, -0.2) is 0 Å². The summed E-state index contributed by atoms with van der Waals surface area (Å²) in [5.74, 6) is -0.0233. The van der Waals surface area contributed by atoms with E-state index in [4.69, 9.17) is 9.47 Å². The van der Waals surface area contributed by atoms with Crippen molar-refractivity contribution in [2.75, 3.05) is 26.4 Å². The first-order valence-corrected chi connectivity index (χ1v) is 5.43. The Balaban J connectivity index is 1.77. The molecular formula is C11H19NO3. The zero-order chi connectivity index (χ0) is 10.9. The standard InChI is InChI=1S/C11H19NO3/c1-2-5-11(13)12-6-3-4-7-14-8-10-9-15-10/h2,5,10H,3-4,6-9H2,1H3,(H,12,13)/b5-2+. The van der Waals surface area contributed by atoms with Crippen LogP contribution in [0.25, 0.3) is 0 Å². The van der Waals surface area contributed by atoms with Gasteiger partial charge in [0.05, 0.1) is 13.2 Å². The summed E-state index contributed by atoms with van der Waals surface area (Å²) in [6.45, 7) is 4.85. The Kier molecular flexibility index (Phi) is 6.04. The molecule has 1 unspecified atom stereocenters. The van der Waals surface area contributed by atoms with E-state index in [0.29, 0.717) is 19.3 Å². The third kappa shape index (κ3) is 7.11. The molecular weight excluding hydrogens is 194 g/mol. The number of ether oxygens (including phenoxy) is 2. The minimum Gasteiger partial charge on any atom is -0.379 e.